The summed E-state index contributed by atoms with van der Waals surface area (Å²) in [7, 11) is 3.37. The van der Waals surface area contributed by atoms with Gasteiger partial charge in [-0.2, -0.15) is 0 Å². The monoisotopic (exact) mass is 447 g/mol. The van der Waals surface area contributed by atoms with Crippen LogP contribution in [-0.4, -0.2) is 41.1 Å². The Morgan fingerprint density at radius 1 is 1.22 bits per heavy atom. The second kappa shape index (κ2) is 7.72. The first-order valence-electron chi connectivity index (χ1n) is 8.99. The Hall–Kier alpha value is -1.73. The molecule has 0 bridgehead atoms. The number of methoxy groups -OCH3 is 2. The number of hydrogen-bond donors (Lipinski definition) is 0. The summed E-state index contributed by atoms with van der Waals surface area (Å²) in [5.74, 6) is 2.64. The summed E-state index contributed by atoms with van der Waals surface area (Å²) in [4.78, 5) is 12.1. The van der Waals surface area contributed by atoms with E-state index in [0.29, 0.717) is 6.04 Å². The smallest absolute Gasteiger partial charge is 0.160 e. The zero-order valence-corrected chi connectivity index (χ0v) is 18.0. The van der Waals surface area contributed by atoms with E-state index in [4.69, 9.17) is 14.5 Å². The van der Waals surface area contributed by atoms with Crippen LogP contribution < -0.4 is 9.47 Å². The van der Waals surface area contributed by atoms with Gasteiger partial charge in [-0.15, -0.1) is 0 Å². The van der Waals surface area contributed by atoms with Crippen LogP contribution in [0.1, 0.15) is 36.7 Å². The van der Waals surface area contributed by atoms with Crippen molar-refractivity contribution in [3.63, 3.8) is 0 Å². The maximum absolute atomic E-state index is 5.75. The van der Waals surface area contributed by atoms with E-state index in [2.05, 4.69) is 44.9 Å². The summed E-state index contributed by atoms with van der Waals surface area (Å²) < 4.78 is 12.1. The maximum Gasteiger partial charge on any atom is 0.160 e. The highest BCUT2D eigenvalue weighted by molar-refractivity contribution is 9.10. The molecule has 2 aromatic rings. The molecule has 142 valence electrons. The van der Waals surface area contributed by atoms with Gasteiger partial charge < -0.3 is 14.4 Å². The van der Waals surface area contributed by atoms with Gasteiger partial charge in [-0.1, -0.05) is 24.8 Å². The number of thioether (sulfide) groups is 1. The minimum atomic E-state index is -0.0581. The first-order chi connectivity index (χ1) is 13.2. The molecule has 3 atom stereocenters. The molecular weight excluding hydrogens is 426 g/mol. The molecule has 4 rings (SSSR count). The lowest BCUT2D eigenvalue weighted by Crippen LogP contribution is -2.35. The van der Waals surface area contributed by atoms with Crippen molar-refractivity contribution < 1.29 is 9.47 Å². The average molecular weight is 448 g/mol. The first-order valence-corrected chi connectivity index (χ1v) is 10.8. The molecule has 5 nitrogen and oxygen atoms in total. The lowest BCUT2D eigenvalue weighted by molar-refractivity contribution is 0.248. The van der Waals surface area contributed by atoms with Gasteiger partial charge in [-0.05, 0) is 40.5 Å². The first kappa shape index (κ1) is 18.6. The summed E-state index contributed by atoms with van der Waals surface area (Å²) in [6.07, 6.45) is 2.92. The number of nitrogens with zero attached hydrogens (tertiary/aromatic N) is 3. The van der Waals surface area contributed by atoms with E-state index < -0.39 is 0 Å². The van der Waals surface area contributed by atoms with Crippen molar-refractivity contribution in [2.75, 3.05) is 20.0 Å². The van der Waals surface area contributed by atoms with E-state index in [-0.39, 0.29) is 12.1 Å². The van der Waals surface area contributed by atoms with Crippen LogP contribution in [-0.2, 0) is 0 Å². The van der Waals surface area contributed by atoms with Crippen molar-refractivity contribution in [3.05, 3.63) is 52.3 Å². The number of ether oxygens (including phenoxy) is 2. The molecule has 0 unspecified atom stereocenters. The number of aliphatic imine (C=N–C) groups is 1. The fraction of sp³-hybridized carbons (Fsp3) is 0.400. The minimum Gasteiger partial charge on any atom is -0.496 e. The van der Waals surface area contributed by atoms with E-state index >= 15 is 0 Å². The topological polar surface area (TPSA) is 47.0 Å². The van der Waals surface area contributed by atoms with Crippen molar-refractivity contribution >= 4 is 32.9 Å². The Morgan fingerprint density at radius 2 is 2.04 bits per heavy atom. The van der Waals surface area contributed by atoms with Gasteiger partial charge in [0, 0.05) is 29.6 Å². The van der Waals surface area contributed by atoms with Crippen LogP contribution in [0.4, 0.5) is 0 Å². The summed E-state index contributed by atoms with van der Waals surface area (Å²) in [6, 6.07) is 10.5. The van der Waals surface area contributed by atoms with Crippen LogP contribution >= 0.6 is 27.7 Å². The van der Waals surface area contributed by atoms with E-state index in [1.165, 1.54) is 0 Å². The molecule has 7 heteroatoms. The third kappa shape index (κ3) is 3.21. The van der Waals surface area contributed by atoms with E-state index in [1.54, 1.807) is 14.2 Å². The third-order valence-electron chi connectivity index (χ3n) is 5.15. The van der Waals surface area contributed by atoms with Crippen molar-refractivity contribution in [1.82, 2.24) is 9.88 Å². The Balaban J connectivity index is 1.86. The van der Waals surface area contributed by atoms with Crippen LogP contribution in [0.3, 0.4) is 0 Å². The van der Waals surface area contributed by atoms with Gasteiger partial charge >= 0.3 is 0 Å². The summed E-state index contributed by atoms with van der Waals surface area (Å²) in [5.41, 5.74) is 2.08. The molecule has 0 saturated carbocycles. The average Bonchev–Trinajstić information content (AvgIpc) is 3.27. The van der Waals surface area contributed by atoms with Crippen molar-refractivity contribution in [2.24, 2.45) is 4.99 Å². The summed E-state index contributed by atoms with van der Waals surface area (Å²) >= 11 is 5.48. The van der Waals surface area contributed by atoms with E-state index in [1.807, 2.05) is 36.2 Å². The Bertz CT molecular complexity index is 862. The van der Waals surface area contributed by atoms with Crippen LogP contribution in [0.15, 0.2) is 46.0 Å². The summed E-state index contributed by atoms with van der Waals surface area (Å²) in [5, 5.41) is 1.11. The van der Waals surface area contributed by atoms with Gasteiger partial charge in [-0.25, -0.2) is 0 Å². The Labute approximate surface area is 172 Å². The lowest BCUT2D eigenvalue weighted by atomic mass is 9.94. The summed E-state index contributed by atoms with van der Waals surface area (Å²) in [6.45, 7) is 2.24. The Morgan fingerprint density at radius 3 is 2.70 bits per heavy atom. The normalized spacial score (nSPS) is 23.9. The molecule has 2 aliphatic rings. The molecule has 3 heterocycles. The Kier molecular flexibility index (Phi) is 5.32. The van der Waals surface area contributed by atoms with Crippen molar-refractivity contribution in [2.45, 2.75) is 31.5 Å². The minimum absolute atomic E-state index is 0.0482. The number of aromatic nitrogens is 1. The standard InChI is InChI=1S/C20H22BrN3O2S/c1-4-12-11-27-20-23-18(15-7-5-6-8-22-15)19(24(12)20)13-9-14(21)17(26-3)10-16(13)25-2/h5-10,12,18-19H,4,11H2,1-3H3/t12-,18-,19-/m1/s1. The van der Waals surface area contributed by atoms with E-state index in [9.17, 15) is 0 Å². The zero-order chi connectivity index (χ0) is 19.0. The number of halogens is 1. The molecule has 27 heavy (non-hydrogen) atoms. The quantitative estimate of drug-likeness (QED) is 0.655. The molecule has 0 spiro atoms. The number of benzene rings is 1. The molecule has 2 aliphatic heterocycles. The van der Waals surface area contributed by atoms with Crippen molar-refractivity contribution in [1.29, 1.82) is 0 Å². The third-order valence-corrected chi connectivity index (χ3v) is 6.90. The maximum atomic E-state index is 5.75. The van der Waals surface area contributed by atoms with Crippen LogP contribution in [0.25, 0.3) is 0 Å². The fourth-order valence-corrected chi connectivity index (χ4v) is 5.66. The number of amidine groups is 1. The largest absolute Gasteiger partial charge is 0.496 e. The highest BCUT2D eigenvalue weighted by Gasteiger charge is 2.46. The number of rotatable bonds is 5. The molecule has 1 fully saturated rings. The van der Waals surface area contributed by atoms with Gasteiger partial charge in [0.1, 0.15) is 17.5 Å². The fourth-order valence-electron chi connectivity index (χ4n) is 3.80. The van der Waals surface area contributed by atoms with Gasteiger partial charge in [0.2, 0.25) is 0 Å². The second-order valence-corrected chi connectivity index (χ2v) is 8.41. The molecule has 0 radical (unpaired) electrons. The molecule has 1 aromatic carbocycles. The molecule has 0 N–H and O–H groups in total. The molecule has 0 amide bonds. The van der Waals surface area contributed by atoms with Gasteiger partial charge in [-0.3, -0.25) is 9.98 Å². The zero-order valence-electron chi connectivity index (χ0n) is 15.6. The van der Waals surface area contributed by atoms with Gasteiger partial charge in [0.15, 0.2) is 5.17 Å². The molecular formula is C20H22BrN3O2S. The molecule has 1 saturated heterocycles. The van der Waals surface area contributed by atoms with Crippen molar-refractivity contribution in [3.8, 4) is 11.5 Å². The predicted molar refractivity (Wildman–Crippen MR) is 113 cm³/mol. The number of fused-ring (bicyclic) bond motifs is 1. The molecule has 0 aliphatic carbocycles. The van der Waals surface area contributed by atoms with Crippen LogP contribution in [0.5, 0.6) is 11.5 Å². The molecule has 1 aromatic heterocycles. The predicted octanol–water partition coefficient (Wildman–Crippen LogP) is 4.84. The lowest BCUT2D eigenvalue weighted by Gasteiger charge is -2.33. The van der Waals surface area contributed by atoms with Gasteiger partial charge in [0.05, 0.1) is 30.4 Å². The van der Waals surface area contributed by atoms with E-state index in [0.717, 1.165) is 44.6 Å². The SMILES string of the molecule is CC[C@@H]1CSC2=N[C@H](c3ccccn3)[C@@H](c3cc(Br)c(OC)cc3OC)N21. The second-order valence-electron chi connectivity index (χ2n) is 6.57. The van der Waals surface area contributed by atoms with Gasteiger partial charge in [0.25, 0.3) is 0 Å². The van der Waals surface area contributed by atoms with Crippen LogP contribution in [0.2, 0.25) is 0 Å². The number of hydrogen-bond acceptors (Lipinski definition) is 6. The number of pyridine rings is 1. The van der Waals surface area contributed by atoms with Crippen LogP contribution in [0, 0.1) is 0 Å². The highest BCUT2D eigenvalue weighted by Crippen LogP contribution is 2.51. The highest BCUT2D eigenvalue weighted by atomic mass is 79.9.